The number of allylic oxidation sites excluding steroid dienone is 2. The van der Waals surface area contributed by atoms with Crippen molar-refractivity contribution < 1.29 is 29.2 Å². The monoisotopic (exact) mass is 282 g/mol. The number of esters is 1. The van der Waals surface area contributed by atoms with Crippen LogP contribution in [-0.4, -0.2) is 30.3 Å². The van der Waals surface area contributed by atoms with Crippen LogP contribution < -0.4 is 0 Å². The number of hydrogen-bond donors (Lipinski definition) is 1. The SMILES string of the molecule is C=CCCOOCC/C=C/C(=O)O/C=C/C=C/C(=O)O. The van der Waals surface area contributed by atoms with Crippen LogP contribution in [0, 0.1) is 0 Å². The molecule has 0 aromatic carbocycles. The molecule has 6 heteroatoms. The van der Waals surface area contributed by atoms with E-state index in [0.29, 0.717) is 26.1 Å². The summed E-state index contributed by atoms with van der Waals surface area (Å²) in [6, 6.07) is 0. The molecule has 0 saturated heterocycles. The Labute approximate surface area is 117 Å². The van der Waals surface area contributed by atoms with E-state index >= 15 is 0 Å². The van der Waals surface area contributed by atoms with E-state index in [1.807, 2.05) is 0 Å². The third-order valence-corrected chi connectivity index (χ3v) is 1.72. The quantitative estimate of drug-likeness (QED) is 0.0913. The van der Waals surface area contributed by atoms with Crippen molar-refractivity contribution in [3.63, 3.8) is 0 Å². The predicted octanol–water partition coefficient (Wildman–Crippen LogP) is 2.15. The summed E-state index contributed by atoms with van der Waals surface area (Å²) >= 11 is 0. The van der Waals surface area contributed by atoms with Crippen LogP contribution in [0.25, 0.3) is 0 Å². The van der Waals surface area contributed by atoms with Crippen molar-refractivity contribution in [1.29, 1.82) is 0 Å². The molecule has 6 nitrogen and oxygen atoms in total. The lowest BCUT2D eigenvalue weighted by atomic mass is 10.4. The topological polar surface area (TPSA) is 82.1 Å². The number of aliphatic carboxylic acids is 1. The predicted molar refractivity (Wildman–Crippen MR) is 72.5 cm³/mol. The summed E-state index contributed by atoms with van der Waals surface area (Å²) in [4.78, 5) is 30.9. The van der Waals surface area contributed by atoms with Gasteiger partial charge in [-0.3, -0.25) is 0 Å². The Balaban J connectivity index is 3.58. The molecule has 0 amide bonds. The lowest BCUT2D eigenvalue weighted by Crippen LogP contribution is -1.98. The van der Waals surface area contributed by atoms with Crippen molar-refractivity contribution in [2.75, 3.05) is 13.2 Å². The van der Waals surface area contributed by atoms with Gasteiger partial charge in [0.25, 0.3) is 0 Å². The van der Waals surface area contributed by atoms with Gasteiger partial charge in [0.1, 0.15) is 0 Å². The van der Waals surface area contributed by atoms with Crippen LogP contribution in [0.3, 0.4) is 0 Å². The fraction of sp³-hybridized carbons (Fsp3) is 0.286. The summed E-state index contributed by atoms with van der Waals surface area (Å²) in [5, 5.41) is 8.29. The average Bonchev–Trinajstić information content (AvgIpc) is 2.41. The van der Waals surface area contributed by atoms with Gasteiger partial charge >= 0.3 is 11.9 Å². The van der Waals surface area contributed by atoms with Crippen LogP contribution in [0.5, 0.6) is 0 Å². The number of carboxylic acid groups (broad SMARTS) is 1. The fourth-order valence-electron chi connectivity index (χ4n) is 0.874. The molecule has 0 bridgehead atoms. The van der Waals surface area contributed by atoms with Crippen LogP contribution in [-0.2, 0) is 24.1 Å². The minimum atomic E-state index is -1.07. The summed E-state index contributed by atoms with van der Waals surface area (Å²) in [5.74, 6) is -1.63. The molecule has 110 valence electrons. The maximum atomic E-state index is 11.1. The summed E-state index contributed by atoms with van der Waals surface area (Å²) in [6.07, 6.45) is 10.3. The van der Waals surface area contributed by atoms with Crippen LogP contribution in [0.1, 0.15) is 12.8 Å². The molecule has 20 heavy (non-hydrogen) atoms. The van der Waals surface area contributed by atoms with Crippen molar-refractivity contribution in [2.24, 2.45) is 0 Å². The zero-order valence-electron chi connectivity index (χ0n) is 11.1. The smallest absolute Gasteiger partial charge is 0.335 e. The van der Waals surface area contributed by atoms with Gasteiger partial charge in [0, 0.05) is 12.2 Å². The lowest BCUT2D eigenvalue weighted by molar-refractivity contribution is -0.292. The molecule has 0 heterocycles. The molecule has 0 rings (SSSR count). The maximum Gasteiger partial charge on any atom is 0.335 e. The van der Waals surface area contributed by atoms with Crippen molar-refractivity contribution in [3.8, 4) is 0 Å². The van der Waals surface area contributed by atoms with Gasteiger partial charge in [-0.05, 0) is 18.9 Å². The van der Waals surface area contributed by atoms with Gasteiger partial charge in [0.05, 0.1) is 19.5 Å². The van der Waals surface area contributed by atoms with Crippen LogP contribution >= 0.6 is 0 Å². The second kappa shape index (κ2) is 13.3. The van der Waals surface area contributed by atoms with Crippen molar-refractivity contribution in [1.82, 2.24) is 0 Å². The van der Waals surface area contributed by atoms with E-state index in [0.717, 1.165) is 12.3 Å². The second-order valence-electron chi connectivity index (χ2n) is 3.38. The Bertz CT molecular complexity index is 381. The summed E-state index contributed by atoms with van der Waals surface area (Å²) in [7, 11) is 0. The fourth-order valence-corrected chi connectivity index (χ4v) is 0.874. The van der Waals surface area contributed by atoms with Gasteiger partial charge in [-0.1, -0.05) is 18.2 Å². The molecule has 0 atom stereocenters. The van der Waals surface area contributed by atoms with Gasteiger partial charge in [-0.2, -0.15) is 0 Å². The van der Waals surface area contributed by atoms with Gasteiger partial charge in [-0.25, -0.2) is 19.4 Å². The van der Waals surface area contributed by atoms with Crippen molar-refractivity contribution >= 4 is 11.9 Å². The number of rotatable bonds is 11. The summed E-state index contributed by atoms with van der Waals surface area (Å²) in [6.45, 7) is 4.31. The van der Waals surface area contributed by atoms with E-state index in [9.17, 15) is 9.59 Å². The number of carbonyl (C=O) groups is 2. The summed E-state index contributed by atoms with van der Waals surface area (Å²) in [5.41, 5.74) is 0. The molecule has 0 spiro atoms. The first-order valence-electron chi connectivity index (χ1n) is 5.95. The Morgan fingerprint density at radius 1 is 1.05 bits per heavy atom. The second-order valence-corrected chi connectivity index (χ2v) is 3.38. The highest BCUT2D eigenvalue weighted by molar-refractivity contribution is 5.82. The van der Waals surface area contributed by atoms with Gasteiger partial charge in [0.15, 0.2) is 0 Å². The normalized spacial score (nSPS) is 11.4. The number of carbonyl (C=O) groups excluding carboxylic acids is 1. The van der Waals surface area contributed by atoms with E-state index in [1.165, 1.54) is 18.2 Å². The molecule has 0 unspecified atom stereocenters. The third kappa shape index (κ3) is 13.9. The highest BCUT2D eigenvalue weighted by Gasteiger charge is 1.92. The van der Waals surface area contributed by atoms with E-state index in [-0.39, 0.29) is 0 Å². The Morgan fingerprint density at radius 2 is 1.75 bits per heavy atom. The molecule has 0 saturated carbocycles. The van der Waals surface area contributed by atoms with E-state index in [2.05, 4.69) is 11.3 Å². The molecular weight excluding hydrogens is 264 g/mol. The number of ether oxygens (including phenoxy) is 1. The molecule has 0 radical (unpaired) electrons. The highest BCUT2D eigenvalue weighted by Crippen LogP contribution is 1.91. The number of hydrogen-bond acceptors (Lipinski definition) is 5. The molecule has 0 aromatic heterocycles. The average molecular weight is 282 g/mol. The molecule has 1 N–H and O–H groups in total. The molecule has 0 aliphatic carbocycles. The Morgan fingerprint density at radius 3 is 2.40 bits per heavy atom. The molecule has 0 fully saturated rings. The lowest BCUT2D eigenvalue weighted by Gasteiger charge is -1.99. The van der Waals surface area contributed by atoms with Gasteiger partial charge < -0.3 is 9.84 Å². The standard InChI is InChI=1S/C14H18O6/c1-2-3-11-19-20-12-7-5-9-14(17)18-10-6-4-8-13(15)16/h2,4-6,8-10H,1,3,7,11-12H2,(H,15,16)/b8-4+,9-5+,10-6+. The van der Waals surface area contributed by atoms with Crippen LogP contribution in [0.2, 0.25) is 0 Å². The zero-order chi connectivity index (χ0) is 15.1. The first-order chi connectivity index (χ1) is 9.66. The molecular formula is C14H18O6. The Kier molecular flexibility index (Phi) is 11.8. The summed E-state index contributed by atoms with van der Waals surface area (Å²) < 4.78 is 4.65. The van der Waals surface area contributed by atoms with E-state index < -0.39 is 11.9 Å². The third-order valence-electron chi connectivity index (χ3n) is 1.72. The maximum absolute atomic E-state index is 11.1. The van der Waals surface area contributed by atoms with E-state index in [4.69, 9.17) is 14.9 Å². The van der Waals surface area contributed by atoms with Crippen molar-refractivity contribution in [3.05, 3.63) is 49.3 Å². The molecule has 0 aliphatic rings. The molecule has 0 aliphatic heterocycles. The Hall–Kier alpha value is -2.18. The first-order valence-corrected chi connectivity index (χ1v) is 5.95. The number of carboxylic acids is 1. The van der Waals surface area contributed by atoms with Crippen molar-refractivity contribution in [2.45, 2.75) is 12.8 Å². The minimum absolute atomic E-state index is 0.331. The van der Waals surface area contributed by atoms with Gasteiger partial charge in [0.2, 0.25) is 0 Å². The van der Waals surface area contributed by atoms with Gasteiger partial charge in [-0.15, -0.1) is 6.58 Å². The van der Waals surface area contributed by atoms with E-state index in [1.54, 1.807) is 12.2 Å². The first kappa shape index (κ1) is 17.8. The zero-order valence-corrected chi connectivity index (χ0v) is 11.1. The highest BCUT2D eigenvalue weighted by atomic mass is 17.2. The minimum Gasteiger partial charge on any atom is -0.478 e. The van der Waals surface area contributed by atoms with Crippen LogP contribution in [0.15, 0.2) is 49.3 Å². The largest absolute Gasteiger partial charge is 0.478 e. The van der Waals surface area contributed by atoms with Crippen LogP contribution in [0.4, 0.5) is 0 Å². The molecule has 0 aromatic rings.